The Balaban J connectivity index is 3.02. The molecule has 0 aliphatic carbocycles. The highest BCUT2D eigenvalue weighted by Crippen LogP contribution is 2.00. The number of aliphatic hydroxyl groups is 1. The predicted octanol–water partition coefficient (Wildman–Crippen LogP) is -1.84. The summed E-state index contributed by atoms with van der Waals surface area (Å²) in [5.41, 5.74) is 7.76. The number of imide groups is 1. The second-order valence-corrected chi connectivity index (χ2v) is 2.23. The number of nitrogens with zero attached hydrogens (tertiary/aromatic N) is 3. The maximum atomic E-state index is 10.8. The predicted molar refractivity (Wildman–Crippen MR) is 35.9 cm³/mol. The molecule has 0 aromatic heterocycles. The van der Waals surface area contributed by atoms with Crippen LogP contribution in [0.1, 0.15) is 0 Å². The van der Waals surface area contributed by atoms with E-state index in [1.807, 2.05) is 5.32 Å². The van der Waals surface area contributed by atoms with E-state index in [1.165, 1.54) is 7.05 Å². The molecule has 0 bridgehead atoms. The number of carbonyl (C=O) groups excluding carboxylic acids is 2. The third-order valence-electron chi connectivity index (χ3n) is 1.49. The number of carbonyl (C=O) groups is 2. The molecule has 12 heavy (non-hydrogen) atoms. The Morgan fingerprint density at radius 1 is 1.67 bits per heavy atom. The van der Waals surface area contributed by atoms with Crippen LogP contribution in [0.4, 0.5) is 4.79 Å². The van der Waals surface area contributed by atoms with Crippen LogP contribution in [0.25, 0.3) is 5.53 Å². The number of rotatable bonds is 0. The Bertz CT molecular complexity index is 293. The fraction of sp³-hybridized carbons (Fsp3) is 0.400. The van der Waals surface area contributed by atoms with Gasteiger partial charge in [-0.15, -0.1) is 0 Å². The molecule has 2 N–H and O–H groups in total. The van der Waals surface area contributed by atoms with Crippen LogP contribution >= 0.6 is 0 Å². The van der Waals surface area contributed by atoms with Gasteiger partial charge in [-0.05, 0) is 0 Å². The summed E-state index contributed by atoms with van der Waals surface area (Å²) in [4.78, 5) is 24.9. The number of hydrogen-bond acceptors (Lipinski definition) is 3. The van der Waals surface area contributed by atoms with E-state index in [2.05, 4.69) is 4.79 Å². The minimum absolute atomic E-state index is 0.503. The third-order valence-corrected chi connectivity index (χ3v) is 1.49. The Morgan fingerprint density at radius 3 is 2.75 bits per heavy atom. The summed E-state index contributed by atoms with van der Waals surface area (Å²) in [5, 5.41) is 11.0. The van der Waals surface area contributed by atoms with Crippen molar-refractivity contribution >= 4 is 17.6 Å². The van der Waals surface area contributed by atoms with Crippen molar-refractivity contribution in [2.24, 2.45) is 0 Å². The van der Waals surface area contributed by atoms with E-state index in [1.54, 1.807) is 0 Å². The van der Waals surface area contributed by atoms with Crippen molar-refractivity contribution in [3.8, 4) is 0 Å². The van der Waals surface area contributed by atoms with Gasteiger partial charge in [0, 0.05) is 7.05 Å². The fourth-order valence-corrected chi connectivity index (χ4v) is 0.758. The number of nitrogens with one attached hydrogen (secondary N) is 1. The largest absolute Gasteiger partial charge is 0.405 e. The molecule has 1 atom stereocenters. The van der Waals surface area contributed by atoms with E-state index in [0.717, 1.165) is 4.90 Å². The highest BCUT2D eigenvalue weighted by atomic mass is 16.3. The Morgan fingerprint density at radius 2 is 2.25 bits per heavy atom. The van der Waals surface area contributed by atoms with Crippen molar-refractivity contribution in [1.82, 2.24) is 10.2 Å². The van der Waals surface area contributed by atoms with Gasteiger partial charge in [0.2, 0.25) is 6.23 Å². The normalized spacial score (nSPS) is 23.7. The summed E-state index contributed by atoms with van der Waals surface area (Å²) in [5.74, 6) is -0.895. The van der Waals surface area contributed by atoms with E-state index < -0.39 is 23.9 Å². The van der Waals surface area contributed by atoms with Crippen molar-refractivity contribution in [3.63, 3.8) is 0 Å². The molecule has 1 aliphatic rings. The van der Waals surface area contributed by atoms with Crippen molar-refractivity contribution in [2.75, 3.05) is 7.05 Å². The molecule has 7 heteroatoms. The van der Waals surface area contributed by atoms with E-state index in [0.29, 0.717) is 0 Å². The third kappa shape index (κ3) is 1.07. The number of hydrogen-bond donors (Lipinski definition) is 2. The number of amides is 3. The minimum Gasteiger partial charge on any atom is -0.363 e. The van der Waals surface area contributed by atoms with Gasteiger partial charge in [0.15, 0.2) is 0 Å². The van der Waals surface area contributed by atoms with E-state index >= 15 is 0 Å². The lowest BCUT2D eigenvalue weighted by Crippen LogP contribution is -2.59. The average Bonchev–Trinajstić information content (AvgIpc) is 2.01. The zero-order chi connectivity index (χ0) is 9.30. The van der Waals surface area contributed by atoms with Gasteiger partial charge in [-0.1, -0.05) is 0 Å². The molecular weight excluding hydrogens is 164 g/mol. The van der Waals surface area contributed by atoms with Crippen molar-refractivity contribution in [1.29, 1.82) is 0 Å². The van der Waals surface area contributed by atoms with Crippen molar-refractivity contribution in [3.05, 3.63) is 5.53 Å². The zero-order valence-electron chi connectivity index (χ0n) is 6.18. The summed E-state index contributed by atoms with van der Waals surface area (Å²) in [6.07, 6.45) is -1.49. The van der Waals surface area contributed by atoms with Crippen LogP contribution in [0.5, 0.6) is 0 Å². The molecule has 64 valence electrons. The molecule has 1 heterocycles. The average molecular weight is 170 g/mol. The molecule has 0 radical (unpaired) electrons. The topological polar surface area (TPSA) is 106 Å². The van der Waals surface area contributed by atoms with Crippen LogP contribution in [0.15, 0.2) is 0 Å². The van der Waals surface area contributed by atoms with Gasteiger partial charge in [-0.25, -0.2) is 4.79 Å². The maximum Gasteiger partial charge on any atom is 0.405 e. The number of aliphatic hydroxyl groups excluding tert-OH is 1. The first-order chi connectivity index (χ1) is 5.57. The SMILES string of the molecule is CN1C(=O)NC(=O)C(=[N+]=[N-])C1O. The molecule has 1 rings (SSSR count). The van der Waals surface area contributed by atoms with Crippen LogP contribution in [-0.2, 0) is 4.79 Å². The fourth-order valence-electron chi connectivity index (χ4n) is 0.758. The quantitative estimate of drug-likeness (QED) is 0.329. The van der Waals surface area contributed by atoms with E-state index in [9.17, 15) is 9.59 Å². The Kier molecular flexibility index (Phi) is 1.90. The lowest BCUT2D eigenvalue weighted by molar-refractivity contribution is -0.123. The summed E-state index contributed by atoms with van der Waals surface area (Å²) in [6.45, 7) is 0. The molecule has 1 aliphatic heterocycles. The smallest absolute Gasteiger partial charge is 0.363 e. The highest BCUT2D eigenvalue weighted by molar-refractivity contribution is 6.42. The summed E-state index contributed by atoms with van der Waals surface area (Å²) in [6, 6.07) is -0.736. The van der Waals surface area contributed by atoms with Gasteiger partial charge >= 0.3 is 17.6 Å². The van der Waals surface area contributed by atoms with Gasteiger partial charge < -0.3 is 10.6 Å². The van der Waals surface area contributed by atoms with Gasteiger partial charge in [0.25, 0.3) is 0 Å². The van der Waals surface area contributed by atoms with Gasteiger partial charge in [0.05, 0.1) is 0 Å². The monoisotopic (exact) mass is 170 g/mol. The Hall–Kier alpha value is -1.72. The molecule has 0 aromatic rings. The second kappa shape index (κ2) is 2.72. The molecule has 1 saturated heterocycles. The van der Waals surface area contributed by atoms with E-state index in [4.69, 9.17) is 10.6 Å². The van der Waals surface area contributed by atoms with Gasteiger partial charge in [-0.2, -0.15) is 4.79 Å². The summed E-state index contributed by atoms with van der Waals surface area (Å²) < 4.78 is 0. The van der Waals surface area contributed by atoms with E-state index in [-0.39, 0.29) is 0 Å². The first kappa shape index (κ1) is 8.38. The van der Waals surface area contributed by atoms with Crippen LogP contribution in [0.3, 0.4) is 0 Å². The second-order valence-electron chi connectivity index (χ2n) is 2.23. The molecule has 1 unspecified atom stereocenters. The minimum atomic E-state index is -1.49. The van der Waals surface area contributed by atoms with Gasteiger partial charge in [0.1, 0.15) is 0 Å². The standard InChI is InChI=1S/C5H6N4O3/c1-9-4(11)2(8-6)3(10)7-5(9)12/h4,11H,1H3,(H,7,10,12). The highest BCUT2D eigenvalue weighted by Gasteiger charge is 2.41. The van der Waals surface area contributed by atoms with Crippen LogP contribution in [0, 0.1) is 0 Å². The van der Waals surface area contributed by atoms with Crippen LogP contribution in [0.2, 0.25) is 0 Å². The molecule has 0 saturated carbocycles. The molecule has 0 spiro atoms. The lowest BCUT2D eigenvalue weighted by Gasteiger charge is -2.23. The molecule has 1 fully saturated rings. The number of urea groups is 1. The summed E-state index contributed by atoms with van der Waals surface area (Å²) in [7, 11) is 1.26. The molecule has 3 amide bonds. The van der Waals surface area contributed by atoms with Crippen molar-refractivity contribution < 1.29 is 19.5 Å². The first-order valence-corrected chi connectivity index (χ1v) is 3.06. The maximum absolute atomic E-state index is 10.8. The first-order valence-electron chi connectivity index (χ1n) is 3.06. The molecule has 7 nitrogen and oxygen atoms in total. The molecular formula is C5H6N4O3. The zero-order valence-corrected chi connectivity index (χ0v) is 6.18. The molecule has 0 aromatic carbocycles. The Labute approximate surface area is 67.2 Å². The van der Waals surface area contributed by atoms with Crippen molar-refractivity contribution in [2.45, 2.75) is 6.23 Å². The van der Waals surface area contributed by atoms with Crippen LogP contribution in [-0.4, -0.2) is 45.7 Å². The van der Waals surface area contributed by atoms with Gasteiger partial charge in [-0.3, -0.25) is 15.0 Å². The lowest BCUT2D eigenvalue weighted by atomic mass is 10.2. The van der Waals surface area contributed by atoms with Crippen LogP contribution < -0.4 is 5.32 Å². The summed E-state index contributed by atoms with van der Waals surface area (Å²) >= 11 is 0.